The van der Waals surface area contributed by atoms with Crippen molar-refractivity contribution in [1.82, 2.24) is 0 Å². The summed E-state index contributed by atoms with van der Waals surface area (Å²) in [7, 11) is 0. The zero-order valence-electron chi connectivity index (χ0n) is 8.99. The molecule has 2 unspecified atom stereocenters. The van der Waals surface area contributed by atoms with Crippen LogP contribution in [-0.4, -0.2) is 17.7 Å². The molecule has 3 nitrogen and oxygen atoms in total. The maximum absolute atomic E-state index is 5.62. The molecule has 1 aliphatic carbocycles. The van der Waals surface area contributed by atoms with Crippen LogP contribution in [0.5, 0.6) is 0 Å². The Labute approximate surface area is 90.0 Å². The summed E-state index contributed by atoms with van der Waals surface area (Å²) in [6.07, 6.45) is 5.40. The van der Waals surface area contributed by atoms with Crippen LogP contribution in [-0.2, 0) is 4.74 Å². The molecule has 0 bridgehead atoms. The molecule has 80 valence electrons. The van der Waals surface area contributed by atoms with Crippen LogP contribution in [0.1, 0.15) is 19.8 Å². The fourth-order valence-corrected chi connectivity index (χ4v) is 2.40. The Kier molecular flexibility index (Phi) is 2.18. The van der Waals surface area contributed by atoms with Crippen LogP contribution in [0.15, 0.2) is 41.4 Å². The number of rotatable bonds is 1. The van der Waals surface area contributed by atoms with E-state index in [4.69, 9.17) is 10.5 Å². The van der Waals surface area contributed by atoms with Gasteiger partial charge in [0, 0.05) is 12.8 Å². The SMILES string of the molecule is C=CC1OC(N)=NC12CC(=C)C(=CC)C2. The van der Waals surface area contributed by atoms with Crippen molar-refractivity contribution in [2.45, 2.75) is 31.4 Å². The molecule has 1 aliphatic heterocycles. The summed E-state index contributed by atoms with van der Waals surface area (Å²) >= 11 is 0. The molecule has 3 heteroatoms. The van der Waals surface area contributed by atoms with Crippen LogP contribution in [0.2, 0.25) is 0 Å². The van der Waals surface area contributed by atoms with Crippen molar-refractivity contribution in [2.75, 3.05) is 0 Å². The van der Waals surface area contributed by atoms with Gasteiger partial charge >= 0.3 is 0 Å². The summed E-state index contributed by atoms with van der Waals surface area (Å²) in [5, 5.41) is 0. The van der Waals surface area contributed by atoms with Gasteiger partial charge in [-0.3, -0.25) is 0 Å². The van der Waals surface area contributed by atoms with Crippen molar-refractivity contribution in [3.05, 3.63) is 36.5 Å². The van der Waals surface area contributed by atoms with Crippen molar-refractivity contribution in [1.29, 1.82) is 0 Å². The number of aliphatic imine (C=N–C) groups is 1. The Bertz CT molecular complexity index is 381. The van der Waals surface area contributed by atoms with Gasteiger partial charge in [-0.25, -0.2) is 4.99 Å². The molecular formula is C12H16N2O. The predicted octanol–water partition coefficient (Wildman–Crippen LogP) is 1.92. The van der Waals surface area contributed by atoms with Crippen LogP contribution in [0, 0.1) is 0 Å². The van der Waals surface area contributed by atoms with E-state index in [1.807, 2.05) is 6.92 Å². The van der Waals surface area contributed by atoms with E-state index in [0.29, 0.717) is 0 Å². The number of nitrogens with two attached hydrogens (primary N) is 1. The monoisotopic (exact) mass is 204 g/mol. The molecular weight excluding hydrogens is 188 g/mol. The first-order valence-corrected chi connectivity index (χ1v) is 5.09. The lowest BCUT2D eigenvalue weighted by molar-refractivity contribution is 0.187. The topological polar surface area (TPSA) is 47.6 Å². The van der Waals surface area contributed by atoms with Gasteiger partial charge in [0.1, 0.15) is 11.6 Å². The van der Waals surface area contributed by atoms with E-state index in [0.717, 1.165) is 18.4 Å². The van der Waals surface area contributed by atoms with Crippen LogP contribution < -0.4 is 5.73 Å². The first kappa shape index (κ1) is 10.0. The number of allylic oxidation sites excluding steroid dienone is 1. The van der Waals surface area contributed by atoms with Crippen molar-refractivity contribution in [2.24, 2.45) is 10.7 Å². The molecule has 0 radical (unpaired) electrons. The molecule has 0 saturated heterocycles. The van der Waals surface area contributed by atoms with Crippen LogP contribution in [0.3, 0.4) is 0 Å². The molecule has 2 atom stereocenters. The largest absolute Gasteiger partial charge is 0.455 e. The third kappa shape index (κ3) is 1.39. The molecule has 0 amide bonds. The molecule has 0 aromatic heterocycles. The molecule has 1 saturated carbocycles. The Hall–Kier alpha value is -1.51. The number of hydrogen-bond acceptors (Lipinski definition) is 3. The molecule has 2 aliphatic rings. The number of ether oxygens (including phenoxy) is 1. The van der Waals surface area contributed by atoms with E-state index in [1.54, 1.807) is 6.08 Å². The highest BCUT2D eigenvalue weighted by atomic mass is 16.5. The summed E-state index contributed by atoms with van der Waals surface area (Å²) in [5.74, 6) is 0. The smallest absolute Gasteiger partial charge is 0.283 e. The first-order valence-electron chi connectivity index (χ1n) is 5.09. The van der Waals surface area contributed by atoms with Gasteiger partial charge in [0.25, 0.3) is 6.02 Å². The lowest BCUT2D eigenvalue weighted by Gasteiger charge is -2.23. The van der Waals surface area contributed by atoms with E-state index in [1.165, 1.54) is 5.57 Å². The van der Waals surface area contributed by atoms with Crippen LogP contribution in [0.25, 0.3) is 0 Å². The van der Waals surface area contributed by atoms with E-state index in [2.05, 4.69) is 24.2 Å². The normalized spacial score (nSPS) is 37.1. The molecule has 1 spiro atoms. The minimum absolute atomic E-state index is 0.119. The maximum atomic E-state index is 5.62. The van der Waals surface area contributed by atoms with E-state index in [-0.39, 0.29) is 17.7 Å². The summed E-state index contributed by atoms with van der Waals surface area (Å²) in [5.41, 5.74) is 7.73. The fourth-order valence-electron chi connectivity index (χ4n) is 2.40. The number of nitrogens with zero attached hydrogens (tertiary/aromatic N) is 1. The van der Waals surface area contributed by atoms with E-state index < -0.39 is 0 Å². The van der Waals surface area contributed by atoms with E-state index >= 15 is 0 Å². The lowest BCUT2D eigenvalue weighted by Crippen LogP contribution is -2.33. The average molecular weight is 204 g/mol. The van der Waals surface area contributed by atoms with Crippen molar-refractivity contribution < 1.29 is 4.74 Å². The Morgan fingerprint density at radius 1 is 1.60 bits per heavy atom. The van der Waals surface area contributed by atoms with Gasteiger partial charge in [-0.1, -0.05) is 19.2 Å². The third-order valence-electron chi connectivity index (χ3n) is 3.14. The predicted molar refractivity (Wildman–Crippen MR) is 61.6 cm³/mol. The molecule has 1 heterocycles. The maximum Gasteiger partial charge on any atom is 0.283 e. The van der Waals surface area contributed by atoms with Gasteiger partial charge in [0.15, 0.2) is 0 Å². The Morgan fingerprint density at radius 2 is 2.33 bits per heavy atom. The lowest BCUT2D eigenvalue weighted by atomic mass is 9.91. The molecule has 2 rings (SSSR count). The van der Waals surface area contributed by atoms with Gasteiger partial charge in [0.05, 0.1) is 0 Å². The summed E-state index contributed by atoms with van der Waals surface area (Å²) in [4.78, 5) is 4.42. The minimum Gasteiger partial charge on any atom is -0.455 e. The zero-order chi connectivity index (χ0) is 11.1. The first-order chi connectivity index (χ1) is 7.11. The van der Waals surface area contributed by atoms with Crippen molar-refractivity contribution in [3.8, 4) is 0 Å². The summed E-state index contributed by atoms with van der Waals surface area (Å²) in [6, 6.07) is 0.269. The van der Waals surface area contributed by atoms with E-state index in [9.17, 15) is 0 Å². The van der Waals surface area contributed by atoms with Crippen molar-refractivity contribution in [3.63, 3.8) is 0 Å². The summed E-state index contributed by atoms with van der Waals surface area (Å²) < 4.78 is 5.43. The minimum atomic E-state index is -0.273. The highest BCUT2D eigenvalue weighted by Crippen LogP contribution is 2.46. The molecule has 0 aromatic rings. The Balaban J connectivity index is 2.36. The average Bonchev–Trinajstić information content (AvgIpc) is 2.67. The van der Waals surface area contributed by atoms with Gasteiger partial charge in [-0.2, -0.15) is 0 Å². The highest BCUT2D eigenvalue weighted by molar-refractivity contribution is 5.75. The number of amidine groups is 1. The molecule has 1 fully saturated rings. The second-order valence-electron chi connectivity index (χ2n) is 4.10. The zero-order valence-corrected chi connectivity index (χ0v) is 8.99. The Morgan fingerprint density at radius 3 is 2.87 bits per heavy atom. The van der Waals surface area contributed by atoms with Gasteiger partial charge in [-0.15, -0.1) is 0 Å². The standard InChI is InChI=1S/C12H16N2O/c1-4-9-7-12(6-8(9)3)10(5-2)15-11(13)14-12/h4-5,10H,2-3,6-7H2,1H3,(H2,13,14). The molecule has 2 N–H and O–H groups in total. The second-order valence-corrected chi connectivity index (χ2v) is 4.10. The fraction of sp³-hybridized carbons (Fsp3) is 0.417. The third-order valence-corrected chi connectivity index (χ3v) is 3.14. The summed E-state index contributed by atoms with van der Waals surface area (Å²) in [6.45, 7) is 9.84. The molecule has 0 aromatic carbocycles. The van der Waals surface area contributed by atoms with Crippen LogP contribution in [0.4, 0.5) is 0 Å². The number of hydrogen-bond donors (Lipinski definition) is 1. The van der Waals surface area contributed by atoms with Gasteiger partial charge in [0.2, 0.25) is 0 Å². The second kappa shape index (κ2) is 3.26. The van der Waals surface area contributed by atoms with Crippen LogP contribution >= 0.6 is 0 Å². The van der Waals surface area contributed by atoms with Gasteiger partial charge < -0.3 is 10.5 Å². The van der Waals surface area contributed by atoms with Crippen molar-refractivity contribution >= 4 is 6.02 Å². The molecule has 15 heavy (non-hydrogen) atoms. The quantitative estimate of drug-likeness (QED) is 0.663. The van der Waals surface area contributed by atoms with Gasteiger partial charge in [-0.05, 0) is 24.1 Å². The highest BCUT2D eigenvalue weighted by Gasteiger charge is 2.48.